The molecule has 4 nitrogen and oxygen atoms in total. The van der Waals surface area contributed by atoms with Gasteiger partial charge in [0.1, 0.15) is 0 Å². The third-order valence-electron chi connectivity index (χ3n) is 3.14. The molecule has 1 aliphatic carbocycles. The molecule has 14 heavy (non-hydrogen) atoms. The Labute approximate surface area is 83.5 Å². The van der Waals surface area contributed by atoms with Gasteiger partial charge in [-0.05, 0) is 12.5 Å². The van der Waals surface area contributed by atoms with E-state index in [2.05, 4.69) is 4.90 Å². The maximum Gasteiger partial charge on any atom is 0.242 e. The van der Waals surface area contributed by atoms with Crippen LogP contribution in [0.15, 0.2) is 23.1 Å². The number of nitrogens with zero attached hydrogens (tertiary/aromatic N) is 2. The highest BCUT2D eigenvalue weighted by Gasteiger charge is 2.45. The number of hydrogen-bond donors (Lipinski definition) is 0. The Morgan fingerprint density at radius 2 is 2.21 bits per heavy atom. The summed E-state index contributed by atoms with van der Waals surface area (Å²) in [6.07, 6.45) is 6.46. The summed E-state index contributed by atoms with van der Waals surface area (Å²) in [6, 6.07) is 0.101. The molecular weight excluding hydrogens is 200 g/mol. The van der Waals surface area contributed by atoms with E-state index in [1.165, 1.54) is 0 Å². The molecule has 2 saturated heterocycles. The van der Waals surface area contributed by atoms with Crippen LogP contribution in [-0.4, -0.2) is 43.4 Å². The highest BCUT2D eigenvalue weighted by molar-refractivity contribution is 7.93. The molecule has 2 heterocycles. The average Bonchev–Trinajstić information content (AvgIpc) is 2.63. The lowest BCUT2D eigenvalue weighted by Gasteiger charge is -2.35. The fourth-order valence-electron chi connectivity index (χ4n) is 2.37. The van der Waals surface area contributed by atoms with E-state index in [1.807, 2.05) is 12.2 Å². The van der Waals surface area contributed by atoms with Gasteiger partial charge in [0.05, 0.1) is 17.6 Å². The number of hydrogen-bond acceptors (Lipinski definition) is 3. The van der Waals surface area contributed by atoms with Crippen molar-refractivity contribution in [1.29, 1.82) is 0 Å². The van der Waals surface area contributed by atoms with Crippen LogP contribution in [0.1, 0.15) is 6.42 Å². The minimum atomic E-state index is -3.13. The Balaban J connectivity index is 2.15. The lowest BCUT2D eigenvalue weighted by Crippen LogP contribution is -2.47. The van der Waals surface area contributed by atoms with Gasteiger partial charge in [-0.15, -0.1) is 0 Å². The van der Waals surface area contributed by atoms with Gasteiger partial charge in [-0.2, -0.15) is 4.31 Å². The molecule has 0 aromatic heterocycles. The van der Waals surface area contributed by atoms with Gasteiger partial charge in [0, 0.05) is 13.1 Å². The zero-order valence-electron chi connectivity index (χ0n) is 7.76. The number of allylic oxidation sites excluding steroid dienone is 2. The van der Waals surface area contributed by atoms with Crippen LogP contribution in [0.4, 0.5) is 0 Å². The highest BCUT2D eigenvalue weighted by Crippen LogP contribution is 2.34. The van der Waals surface area contributed by atoms with Crippen molar-refractivity contribution < 1.29 is 8.42 Å². The van der Waals surface area contributed by atoms with Crippen molar-refractivity contribution in [3.63, 3.8) is 0 Å². The molecule has 0 aromatic rings. The topological polar surface area (TPSA) is 40.6 Å². The Hall–Kier alpha value is -0.650. The van der Waals surface area contributed by atoms with Crippen molar-refractivity contribution in [2.24, 2.45) is 0 Å². The molecule has 0 saturated carbocycles. The van der Waals surface area contributed by atoms with Crippen LogP contribution >= 0.6 is 0 Å². The van der Waals surface area contributed by atoms with Crippen molar-refractivity contribution >= 4 is 10.0 Å². The van der Waals surface area contributed by atoms with Crippen LogP contribution < -0.4 is 0 Å². The van der Waals surface area contributed by atoms with E-state index in [1.54, 1.807) is 10.4 Å². The van der Waals surface area contributed by atoms with Crippen LogP contribution in [-0.2, 0) is 10.0 Å². The third-order valence-corrected chi connectivity index (χ3v) is 5.12. The molecular formula is C9H12N2O2S. The van der Waals surface area contributed by atoms with Crippen LogP contribution in [0.3, 0.4) is 0 Å². The second-order valence-corrected chi connectivity index (χ2v) is 5.82. The van der Waals surface area contributed by atoms with Crippen LogP contribution in [0.5, 0.6) is 0 Å². The minimum absolute atomic E-state index is 0.101. The maximum absolute atomic E-state index is 12.0. The van der Waals surface area contributed by atoms with Crippen molar-refractivity contribution in [1.82, 2.24) is 9.21 Å². The summed E-state index contributed by atoms with van der Waals surface area (Å²) in [5.41, 5.74) is 0. The van der Waals surface area contributed by atoms with Crippen molar-refractivity contribution in [3.05, 3.63) is 23.1 Å². The van der Waals surface area contributed by atoms with E-state index in [9.17, 15) is 8.42 Å². The van der Waals surface area contributed by atoms with E-state index >= 15 is 0 Å². The molecule has 0 amide bonds. The van der Waals surface area contributed by atoms with E-state index in [0.29, 0.717) is 18.1 Å². The van der Waals surface area contributed by atoms with Crippen molar-refractivity contribution in [3.8, 4) is 0 Å². The first-order valence-electron chi connectivity index (χ1n) is 4.80. The zero-order chi connectivity index (χ0) is 9.76. The van der Waals surface area contributed by atoms with E-state index in [0.717, 1.165) is 13.0 Å². The van der Waals surface area contributed by atoms with Gasteiger partial charge in [0.15, 0.2) is 0 Å². The van der Waals surface area contributed by atoms with Crippen LogP contribution in [0.25, 0.3) is 0 Å². The SMILES string of the molecule is O=S1(=O)C2=CC=CCC2N2CCN1C2. The predicted molar refractivity (Wildman–Crippen MR) is 52.8 cm³/mol. The lowest BCUT2D eigenvalue weighted by atomic mass is 10.1. The van der Waals surface area contributed by atoms with Gasteiger partial charge in [-0.3, -0.25) is 4.90 Å². The number of fused-ring (bicyclic) bond motifs is 4. The normalized spacial score (nSPS) is 43.1. The van der Waals surface area contributed by atoms with Gasteiger partial charge >= 0.3 is 0 Å². The number of rotatable bonds is 0. The second kappa shape index (κ2) is 2.68. The van der Waals surface area contributed by atoms with Crippen LogP contribution in [0, 0.1) is 0 Å². The van der Waals surface area contributed by atoms with Crippen molar-refractivity contribution in [2.45, 2.75) is 12.5 Å². The second-order valence-electron chi connectivity index (χ2n) is 3.88. The molecule has 0 N–H and O–H groups in total. The largest absolute Gasteiger partial charge is 0.280 e. The van der Waals surface area contributed by atoms with E-state index < -0.39 is 10.0 Å². The van der Waals surface area contributed by atoms with Gasteiger partial charge in [-0.25, -0.2) is 8.42 Å². The van der Waals surface area contributed by atoms with Gasteiger partial charge < -0.3 is 0 Å². The molecule has 3 rings (SSSR count). The average molecular weight is 212 g/mol. The van der Waals surface area contributed by atoms with Gasteiger partial charge in [-0.1, -0.05) is 12.2 Å². The molecule has 5 heteroatoms. The standard InChI is InChI=1S/C9H12N2O2S/c12-14(13)9-4-2-1-3-8(9)10-5-6-11(14)7-10/h1-2,4,8H,3,5-7H2. The Bertz CT molecular complexity index is 424. The molecule has 3 atom stereocenters. The number of sulfonamides is 1. The first kappa shape index (κ1) is 8.64. The Kier molecular flexibility index (Phi) is 1.66. The lowest BCUT2D eigenvalue weighted by molar-refractivity contribution is 0.239. The molecule has 76 valence electrons. The molecule has 2 bridgehead atoms. The molecule has 2 aliphatic heterocycles. The summed E-state index contributed by atoms with van der Waals surface area (Å²) >= 11 is 0. The molecule has 0 spiro atoms. The summed E-state index contributed by atoms with van der Waals surface area (Å²) in [7, 11) is -3.13. The first-order chi connectivity index (χ1) is 6.69. The quantitative estimate of drug-likeness (QED) is 0.572. The first-order valence-corrected chi connectivity index (χ1v) is 6.24. The Morgan fingerprint density at radius 3 is 3.07 bits per heavy atom. The third kappa shape index (κ3) is 0.973. The summed E-state index contributed by atoms with van der Waals surface area (Å²) in [4.78, 5) is 2.82. The summed E-state index contributed by atoms with van der Waals surface area (Å²) < 4.78 is 25.6. The summed E-state index contributed by atoms with van der Waals surface area (Å²) in [5, 5.41) is 0. The molecule has 3 unspecified atom stereocenters. The molecule has 0 aromatic carbocycles. The Morgan fingerprint density at radius 1 is 1.36 bits per heavy atom. The maximum atomic E-state index is 12.0. The highest BCUT2D eigenvalue weighted by atomic mass is 32.2. The van der Waals surface area contributed by atoms with Gasteiger partial charge in [0.25, 0.3) is 0 Å². The molecule has 2 fully saturated rings. The fraction of sp³-hybridized carbons (Fsp3) is 0.556. The van der Waals surface area contributed by atoms with Gasteiger partial charge in [0.2, 0.25) is 10.0 Å². The van der Waals surface area contributed by atoms with Crippen molar-refractivity contribution in [2.75, 3.05) is 19.8 Å². The van der Waals surface area contributed by atoms with E-state index in [4.69, 9.17) is 0 Å². The van der Waals surface area contributed by atoms with E-state index in [-0.39, 0.29) is 6.04 Å². The molecule has 3 aliphatic rings. The monoisotopic (exact) mass is 212 g/mol. The minimum Gasteiger partial charge on any atom is -0.280 e. The van der Waals surface area contributed by atoms with Crippen LogP contribution in [0.2, 0.25) is 0 Å². The zero-order valence-corrected chi connectivity index (χ0v) is 8.57. The summed E-state index contributed by atoms with van der Waals surface area (Å²) in [6.45, 7) is 2.10. The summed E-state index contributed by atoms with van der Waals surface area (Å²) in [5.74, 6) is 0. The smallest absolute Gasteiger partial charge is 0.242 e. The predicted octanol–water partition coefficient (Wildman–Crippen LogP) is 0.117. The molecule has 0 radical (unpaired) electrons. The fourth-order valence-corrected chi connectivity index (χ4v) is 4.13.